The maximum atomic E-state index is 9.94. The zero-order valence-electron chi connectivity index (χ0n) is 12.8. The van der Waals surface area contributed by atoms with Crippen molar-refractivity contribution in [3.8, 4) is 0 Å². The summed E-state index contributed by atoms with van der Waals surface area (Å²) in [6.07, 6.45) is 0.635. The zero-order chi connectivity index (χ0) is 15.1. The van der Waals surface area contributed by atoms with Crippen LogP contribution in [0.15, 0.2) is 18.2 Å². The zero-order valence-corrected chi connectivity index (χ0v) is 13.6. The van der Waals surface area contributed by atoms with E-state index in [1.807, 2.05) is 32.0 Å². The van der Waals surface area contributed by atoms with E-state index in [0.717, 1.165) is 17.7 Å². The van der Waals surface area contributed by atoms with Crippen LogP contribution >= 0.6 is 11.6 Å². The van der Waals surface area contributed by atoms with E-state index < -0.39 is 6.10 Å². The summed E-state index contributed by atoms with van der Waals surface area (Å²) in [6, 6.07) is 5.74. The average molecular weight is 300 g/mol. The molecule has 4 heteroatoms. The molecule has 3 nitrogen and oxygen atoms in total. The van der Waals surface area contributed by atoms with Crippen molar-refractivity contribution >= 4 is 17.3 Å². The minimum Gasteiger partial charge on any atom is -0.389 e. The molecule has 0 aliphatic heterocycles. The predicted molar refractivity (Wildman–Crippen MR) is 85.6 cm³/mol. The molecule has 0 aromatic heterocycles. The van der Waals surface area contributed by atoms with Gasteiger partial charge in [-0.2, -0.15) is 0 Å². The second kappa shape index (κ2) is 8.50. The summed E-state index contributed by atoms with van der Waals surface area (Å²) in [5.74, 6) is 0.603. The summed E-state index contributed by atoms with van der Waals surface area (Å²) in [4.78, 5) is 0. The Morgan fingerprint density at radius 1 is 1.30 bits per heavy atom. The van der Waals surface area contributed by atoms with Crippen LogP contribution in [0.1, 0.15) is 32.8 Å². The quantitative estimate of drug-likeness (QED) is 0.765. The molecule has 2 atom stereocenters. The van der Waals surface area contributed by atoms with Gasteiger partial charge in [-0.05, 0) is 37.8 Å². The van der Waals surface area contributed by atoms with E-state index >= 15 is 0 Å². The summed E-state index contributed by atoms with van der Waals surface area (Å²) in [6.45, 7) is 9.12. The Bertz CT molecular complexity index is 389. The second-order valence-electron chi connectivity index (χ2n) is 5.74. The Kier molecular flexibility index (Phi) is 7.35. The third-order valence-corrected chi connectivity index (χ3v) is 3.43. The van der Waals surface area contributed by atoms with Crippen LogP contribution in [0.3, 0.4) is 0 Å². The number of hydrogen-bond acceptors (Lipinski definition) is 3. The van der Waals surface area contributed by atoms with Gasteiger partial charge < -0.3 is 15.2 Å². The van der Waals surface area contributed by atoms with E-state index in [1.54, 1.807) is 0 Å². The highest BCUT2D eigenvalue weighted by Gasteiger charge is 2.11. The maximum Gasteiger partial charge on any atom is 0.0945 e. The van der Waals surface area contributed by atoms with Crippen molar-refractivity contribution in [1.29, 1.82) is 0 Å². The van der Waals surface area contributed by atoms with E-state index in [0.29, 0.717) is 24.1 Å². The molecule has 2 N–H and O–H groups in total. The molecule has 0 bridgehead atoms. The second-order valence-corrected chi connectivity index (χ2v) is 6.15. The minimum absolute atomic E-state index is 0.173. The van der Waals surface area contributed by atoms with Crippen molar-refractivity contribution in [3.05, 3.63) is 28.8 Å². The van der Waals surface area contributed by atoms with Crippen molar-refractivity contribution in [2.45, 2.75) is 46.3 Å². The Labute approximate surface area is 127 Å². The molecule has 114 valence electrons. The Hall–Kier alpha value is -0.770. The van der Waals surface area contributed by atoms with E-state index in [1.165, 1.54) is 0 Å². The number of aliphatic hydroxyl groups excluding tert-OH is 1. The average Bonchev–Trinajstić information content (AvgIpc) is 2.35. The standard InChI is InChI=1S/C16H26ClNO2/c1-11(2)8-13(4)20-10-14(19)9-18-16-12(3)6-5-7-15(16)17/h5-7,11,13-14,18-19H,8-10H2,1-4H3. The molecule has 0 saturated carbocycles. The molecule has 1 aromatic rings. The number of aliphatic hydroxyl groups is 1. The normalized spacial score (nSPS) is 14.3. The minimum atomic E-state index is -0.541. The fraction of sp³-hybridized carbons (Fsp3) is 0.625. The van der Waals surface area contributed by atoms with Crippen LogP contribution in [0, 0.1) is 12.8 Å². The number of nitrogens with one attached hydrogen (secondary N) is 1. The molecule has 0 heterocycles. The van der Waals surface area contributed by atoms with Crippen LogP contribution in [-0.2, 0) is 4.74 Å². The molecule has 0 aliphatic carbocycles. The van der Waals surface area contributed by atoms with Gasteiger partial charge in [-0.25, -0.2) is 0 Å². The van der Waals surface area contributed by atoms with E-state index in [9.17, 15) is 5.11 Å². The van der Waals surface area contributed by atoms with Crippen LogP contribution in [0.5, 0.6) is 0 Å². The lowest BCUT2D eigenvalue weighted by atomic mass is 10.1. The van der Waals surface area contributed by atoms with Gasteiger partial charge in [0.2, 0.25) is 0 Å². The third kappa shape index (κ3) is 6.12. The number of halogens is 1. The van der Waals surface area contributed by atoms with Gasteiger partial charge in [-0.1, -0.05) is 37.6 Å². The van der Waals surface area contributed by atoms with E-state index in [-0.39, 0.29) is 6.10 Å². The molecule has 0 amide bonds. The number of hydrogen-bond donors (Lipinski definition) is 2. The highest BCUT2D eigenvalue weighted by atomic mass is 35.5. The first kappa shape index (κ1) is 17.3. The number of ether oxygens (including phenoxy) is 1. The van der Waals surface area contributed by atoms with Crippen molar-refractivity contribution in [2.24, 2.45) is 5.92 Å². The monoisotopic (exact) mass is 299 g/mol. The van der Waals surface area contributed by atoms with Crippen LogP contribution in [0.2, 0.25) is 5.02 Å². The smallest absolute Gasteiger partial charge is 0.0945 e. The summed E-state index contributed by atoms with van der Waals surface area (Å²) >= 11 is 6.12. The largest absolute Gasteiger partial charge is 0.389 e. The molecule has 0 fully saturated rings. The number of rotatable bonds is 8. The Morgan fingerprint density at radius 3 is 2.60 bits per heavy atom. The number of anilines is 1. The van der Waals surface area contributed by atoms with Gasteiger partial charge >= 0.3 is 0 Å². The molecule has 0 radical (unpaired) electrons. The molecule has 0 saturated heterocycles. The predicted octanol–water partition coefficient (Wildman–Crippen LogP) is 3.87. The fourth-order valence-corrected chi connectivity index (χ4v) is 2.43. The maximum absolute atomic E-state index is 9.94. The molecule has 20 heavy (non-hydrogen) atoms. The molecule has 0 spiro atoms. The Balaban J connectivity index is 2.35. The molecular weight excluding hydrogens is 274 g/mol. The Morgan fingerprint density at radius 2 is 2.00 bits per heavy atom. The number of para-hydroxylation sites is 1. The van der Waals surface area contributed by atoms with Gasteiger partial charge in [0.1, 0.15) is 0 Å². The topological polar surface area (TPSA) is 41.5 Å². The third-order valence-electron chi connectivity index (χ3n) is 3.11. The van der Waals surface area contributed by atoms with Gasteiger partial charge in [0.25, 0.3) is 0 Å². The first-order chi connectivity index (χ1) is 9.40. The van der Waals surface area contributed by atoms with Crippen molar-refractivity contribution in [3.63, 3.8) is 0 Å². The number of aryl methyl sites for hydroxylation is 1. The molecular formula is C16H26ClNO2. The summed E-state index contributed by atoms with van der Waals surface area (Å²) < 4.78 is 5.64. The molecule has 1 aromatic carbocycles. The summed E-state index contributed by atoms with van der Waals surface area (Å²) in [7, 11) is 0. The van der Waals surface area contributed by atoms with Crippen LogP contribution in [0.4, 0.5) is 5.69 Å². The molecule has 2 unspecified atom stereocenters. The molecule has 0 aliphatic rings. The van der Waals surface area contributed by atoms with Crippen molar-refractivity contribution < 1.29 is 9.84 Å². The lowest BCUT2D eigenvalue weighted by Crippen LogP contribution is -2.27. The summed E-state index contributed by atoms with van der Waals surface area (Å²) in [5, 5.41) is 13.8. The lowest BCUT2D eigenvalue weighted by molar-refractivity contribution is -0.00443. The highest BCUT2D eigenvalue weighted by molar-refractivity contribution is 6.33. The first-order valence-corrected chi connectivity index (χ1v) is 7.56. The lowest BCUT2D eigenvalue weighted by Gasteiger charge is -2.19. The van der Waals surface area contributed by atoms with E-state index in [2.05, 4.69) is 19.2 Å². The first-order valence-electron chi connectivity index (χ1n) is 7.18. The van der Waals surface area contributed by atoms with Crippen LogP contribution < -0.4 is 5.32 Å². The van der Waals surface area contributed by atoms with E-state index in [4.69, 9.17) is 16.3 Å². The van der Waals surface area contributed by atoms with Gasteiger partial charge in [-0.15, -0.1) is 0 Å². The van der Waals surface area contributed by atoms with Gasteiger partial charge in [0.05, 0.1) is 29.5 Å². The van der Waals surface area contributed by atoms with Crippen LogP contribution in [0.25, 0.3) is 0 Å². The van der Waals surface area contributed by atoms with Crippen molar-refractivity contribution in [1.82, 2.24) is 0 Å². The van der Waals surface area contributed by atoms with Crippen LogP contribution in [-0.4, -0.2) is 30.5 Å². The SMILES string of the molecule is Cc1cccc(Cl)c1NCC(O)COC(C)CC(C)C. The fourth-order valence-electron chi connectivity index (χ4n) is 2.14. The van der Waals surface area contributed by atoms with Gasteiger partial charge in [0, 0.05) is 6.54 Å². The highest BCUT2D eigenvalue weighted by Crippen LogP contribution is 2.25. The molecule has 1 rings (SSSR count). The van der Waals surface area contributed by atoms with Gasteiger partial charge in [0.15, 0.2) is 0 Å². The van der Waals surface area contributed by atoms with Gasteiger partial charge in [-0.3, -0.25) is 0 Å². The summed E-state index contributed by atoms with van der Waals surface area (Å²) in [5.41, 5.74) is 1.95. The van der Waals surface area contributed by atoms with Crippen molar-refractivity contribution in [2.75, 3.05) is 18.5 Å². The number of benzene rings is 1.